The zero-order chi connectivity index (χ0) is 45.1. The maximum Gasteiger partial charge on any atom is 0.323 e. The average Bonchev–Trinajstić information content (AvgIpc) is 3.83. The number of nitrogens with one attached hydrogen (secondary N) is 7. The number of carbonyl (C=O) groups is 6. The molecule has 0 spiro atoms. The molecule has 2 heterocycles. The van der Waals surface area contributed by atoms with Crippen molar-refractivity contribution < 1.29 is 38.2 Å². The minimum atomic E-state index is -0.673. The predicted molar refractivity (Wildman–Crippen MR) is 238 cm³/mol. The highest BCUT2D eigenvalue weighted by molar-refractivity contribution is 6.08. The number of methoxy groups -OCH3 is 2. The fourth-order valence-electron chi connectivity index (χ4n) is 6.18. The third-order valence-corrected chi connectivity index (χ3v) is 8.92. The number of H-pyrrole nitrogens is 1. The Hall–Kier alpha value is -8.54. The van der Waals surface area contributed by atoms with Crippen LogP contribution in [0.2, 0.25) is 0 Å². The zero-order valence-corrected chi connectivity index (χ0v) is 34.7. The molecule has 4 aromatic carbocycles. The van der Waals surface area contributed by atoms with Gasteiger partial charge in [-0.3, -0.25) is 29.3 Å². The van der Waals surface area contributed by atoms with E-state index in [1.165, 1.54) is 38.9 Å². The van der Waals surface area contributed by atoms with Gasteiger partial charge in [-0.1, -0.05) is 36.4 Å². The largest absolute Gasteiger partial charge is 0.495 e. The van der Waals surface area contributed by atoms with Crippen molar-refractivity contribution in [3.63, 3.8) is 0 Å². The second-order valence-electron chi connectivity index (χ2n) is 13.7. The number of anilines is 5. The van der Waals surface area contributed by atoms with E-state index in [1.807, 2.05) is 38.1 Å². The van der Waals surface area contributed by atoms with Gasteiger partial charge < -0.3 is 52.5 Å². The van der Waals surface area contributed by atoms with E-state index in [4.69, 9.17) is 20.9 Å². The van der Waals surface area contributed by atoms with Gasteiger partial charge in [-0.05, 0) is 84.6 Å². The van der Waals surface area contributed by atoms with Gasteiger partial charge in [-0.15, -0.1) is 0 Å². The predicted octanol–water partition coefficient (Wildman–Crippen LogP) is 7.01. The van der Waals surface area contributed by atoms with Gasteiger partial charge in [-0.25, -0.2) is 9.59 Å². The highest BCUT2D eigenvalue weighted by Gasteiger charge is 2.19. The monoisotopic (exact) mass is 842 g/mol. The number of urea groups is 2. The topological polar surface area (TPSA) is 266 Å². The van der Waals surface area contributed by atoms with Crippen molar-refractivity contribution in [1.29, 1.82) is 0 Å². The Bertz CT molecular complexity index is 2520. The summed E-state index contributed by atoms with van der Waals surface area (Å²) >= 11 is 0. The van der Waals surface area contributed by atoms with Crippen molar-refractivity contribution in [3.05, 3.63) is 126 Å². The normalized spacial score (nSPS) is 10.3. The van der Waals surface area contributed by atoms with Crippen LogP contribution in [0.15, 0.2) is 104 Å². The molecular formula is C44H46N10O8. The summed E-state index contributed by atoms with van der Waals surface area (Å²) in [5.41, 5.74) is 20.6. The second-order valence-corrected chi connectivity index (χ2v) is 13.7. The van der Waals surface area contributed by atoms with Crippen molar-refractivity contribution in [2.45, 2.75) is 27.7 Å². The number of primary amides is 2. The van der Waals surface area contributed by atoms with E-state index in [0.717, 1.165) is 11.1 Å². The minimum Gasteiger partial charge on any atom is -0.495 e. The van der Waals surface area contributed by atoms with Crippen LogP contribution in [0, 0.1) is 13.8 Å². The lowest BCUT2D eigenvalue weighted by Gasteiger charge is -2.12. The molecule has 0 aliphatic carbocycles. The molecule has 320 valence electrons. The Morgan fingerprint density at radius 2 is 1.06 bits per heavy atom. The van der Waals surface area contributed by atoms with Crippen molar-refractivity contribution in [3.8, 4) is 33.8 Å². The molecule has 0 unspecified atom stereocenters. The molecule has 0 saturated heterocycles. The molecule has 0 atom stereocenters. The van der Waals surface area contributed by atoms with E-state index in [2.05, 4.69) is 37.0 Å². The van der Waals surface area contributed by atoms with Gasteiger partial charge >= 0.3 is 12.1 Å². The van der Waals surface area contributed by atoms with Gasteiger partial charge in [-0.2, -0.15) is 0 Å². The van der Waals surface area contributed by atoms with Crippen LogP contribution in [0.5, 0.6) is 11.5 Å². The van der Waals surface area contributed by atoms with Gasteiger partial charge in [0.25, 0.3) is 11.8 Å². The average molecular weight is 843 g/mol. The number of aromatic amines is 1. The van der Waals surface area contributed by atoms with E-state index in [0.29, 0.717) is 56.5 Å². The number of amides is 8. The number of carbonyl (C=O) groups excluding carboxylic acids is 6. The fourth-order valence-corrected chi connectivity index (χ4v) is 6.18. The quantitative estimate of drug-likeness (QED) is 0.0617. The third kappa shape index (κ3) is 11.6. The number of hydrogen-bond donors (Lipinski definition) is 9. The molecule has 8 amide bonds. The highest BCUT2D eigenvalue weighted by atomic mass is 16.5. The van der Waals surface area contributed by atoms with Crippen LogP contribution >= 0.6 is 0 Å². The third-order valence-electron chi connectivity index (χ3n) is 8.92. The van der Waals surface area contributed by atoms with E-state index >= 15 is 0 Å². The molecule has 11 N–H and O–H groups in total. The second kappa shape index (κ2) is 19.9. The summed E-state index contributed by atoms with van der Waals surface area (Å²) in [7, 11) is 3.07. The molecule has 18 nitrogen and oxygen atoms in total. The van der Waals surface area contributed by atoms with E-state index in [9.17, 15) is 28.8 Å². The summed E-state index contributed by atoms with van der Waals surface area (Å²) < 4.78 is 11.9. The van der Waals surface area contributed by atoms with Crippen LogP contribution in [0.3, 0.4) is 0 Å². The molecule has 18 heteroatoms. The molecule has 0 radical (unpaired) electrons. The van der Waals surface area contributed by atoms with Gasteiger partial charge in [0.05, 0.1) is 36.7 Å². The summed E-state index contributed by atoms with van der Waals surface area (Å²) in [6.07, 6.45) is 4.64. The van der Waals surface area contributed by atoms with Crippen molar-refractivity contribution >= 4 is 64.3 Å². The number of hydrogen-bond acceptors (Lipinski definition) is 8. The molecule has 62 heavy (non-hydrogen) atoms. The van der Waals surface area contributed by atoms with Crippen molar-refractivity contribution in [2.75, 3.05) is 46.2 Å². The number of nitrogens with two attached hydrogens (primary N) is 2. The maximum absolute atomic E-state index is 12.4. The summed E-state index contributed by atoms with van der Waals surface area (Å²) in [6.45, 7) is 6.53. The summed E-state index contributed by atoms with van der Waals surface area (Å²) in [6, 6.07) is 23.8. The van der Waals surface area contributed by atoms with Crippen LogP contribution in [0.25, 0.3) is 22.3 Å². The Morgan fingerprint density at radius 3 is 1.48 bits per heavy atom. The van der Waals surface area contributed by atoms with Crippen molar-refractivity contribution in [2.24, 2.45) is 11.5 Å². The molecule has 0 bridgehead atoms. The van der Waals surface area contributed by atoms with E-state index in [-0.39, 0.29) is 28.8 Å². The lowest BCUT2D eigenvalue weighted by Crippen LogP contribution is -2.19. The highest BCUT2D eigenvalue weighted by Crippen LogP contribution is 2.31. The Morgan fingerprint density at radius 1 is 0.581 bits per heavy atom. The Kier molecular flexibility index (Phi) is 14.3. The molecule has 0 saturated carbocycles. The summed E-state index contributed by atoms with van der Waals surface area (Å²) in [5, 5.41) is 13.6. The van der Waals surface area contributed by atoms with Crippen molar-refractivity contribution in [1.82, 2.24) is 9.66 Å². The Labute approximate surface area is 356 Å². The number of aromatic nitrogens is 2. The molecule has 2 aromatic heterocycles. The molecule has 0 fully saturated rings. The first kappa shape index (κ1) is 44.6. The fraction of sp³-hybridized carbons (Fsp3) is 0.136. The Balaban J connectivity index is 0.000000234. The molecule has 0 aliphatic rings. The lowest BCUT2D eigenvalue weighted by molar-refractivity contribution is -0.115. The number of aryl methyl sites for hydroxylation is 2. The first-order chi connectivity index (χ1) is 29.5. The van der Waals surface area contributed by atoms with Crippen LogP contribution in [0.1, 0.15) is 45.7 Å². The smallest absolute Gasteiger partial charge is 0.323 e. The molecular weight excluding hydrogens is 797 g/mol. The number of ether oxygens (including phenoxy) is 2. The SMILES string of the molecule is COc1ccc(C)cc1NC(=O)Nc1ccc(-c2c[nH]c(NC(C)=O)c2C(N)=O)cc1.COc1ccc(C)cc1NC(=O)Nc1ccc(-c2cn(NC(C)=O)cc2C(N)=O)cc1. The summed E-state index contributed by atoms with van der Waals surface area (Å²) in [4.78, 5) is 73.9. The van der Waals surface area contributed by atoms with Gasteiger partial charge in [0.15, 0.2) is 0 Å². The van der Waals surface area contributed by atoms with Gasteiger partial charge in [0.1, 0.15) is 17.3 Å². The first-order valence-electron chi connectivity index (χ1n) is 18.8. The van der Waals surface area contributed by atoms with Crippen LogP contribution < -0.4 is 53.0 Å². The number of benzene rings is 4. The number of rotatable bonds is 12. The van der Waals surface area contributed by atoms with E-state index < -0.39 is 23.9 Å². The lowest BCUT2D eigenvalue weighted by atomic mass is 10.0. The van der Waals surface area contributed by atoms with Crippen LogP contribution in [-0.4, -0.2) is 59.6 Å². The molecule has 6 rings (SSSR count). The first-order valence-corrected chi connectivity index (χ1v) is 18.8. The number of nitrogens with zero attached hydrogens (tertiary/aromatic N) is 1. The zero-order valence-electron chi connectivity index (χ0n) is 34.7. The maximum atomic E-state index is 12.4. The summed E-state index contributed by atoms with van der Waals surface area (Å²) in [5.74, 6) is -0.554. The van der Waals surface area contributed by atoms with Crippen LogP contribution in [-0.2, 0) is 9.59 Å². The van der Waals surface area contributed by atoms with Gasteiger partial charge in [0.2, 0.25) is 11.8 Å². The van der Waals surface area contributed by atoms with Gasteiger partial charge in [0, 0.05) is 54.9 Å². The molecule has 0 aliphatic heterocycles. The standard InChI is InChI=1S/2C22H23N5O4/c1-13-4-9-20(31-3)19(10-13)25-22(30)24-16-7-5-15(6-8-16)17-11-27(26-14(2)28)12-18(17)21(23)29;1-12-4-9-18(31-3)17(10-12)27-22(30)26-15-7-5-14(6-8-15)16-11-24-21(25-13(2)28)19(16)20(23)29/h4-12H,1-3H3,(H2,23,29)(H,26,28)(H2,24,25,30);4-11,24H,1-3H3,(H2,23,29)(H,25,28)(H2,26,27,30). The van der Waals surface area contributed by atoms with E-state index in [1.54, 1.807) is 73.1 Å². The van der Waals surface area contributed by atoms with Crippen LogP contribution in [0.4, 0.5) is 38.2 Å². The minimum absolute atomic E-state index is 0.181. The molecule has 6 aromatic rings.